The highest BCUT2D eigenvalue weighted by Crippen LogP contribution is 2.42. The fourth-order valence-electron chi connectivity index (χ4n) is 4.16. The average Bonchev–Trinajstić information content (AvgIpc) is 2.77. The minimum absolute atomic E-state index is 0.00780. The lowest BCUT2D eigenvalue weighted by Gasteiger charge is -2.43. The molecule has 2 aliphatic heterocycles. The molecule has 30 heavy (non-hydrogen) atoms. The van der Waals surface area contributed by atoms with Gasteiger partial charge in [0.25, 0.3) is 5.91 Å². The molecular formula is C23H26Cl2N2O3. The Labute approximate surface area is 187 Å². The summed E-state index contributed by atoms with van der Waals surface area (Å²) in [5.74, 6) is 0.00780. The molecule has 2 heterocycles. The van der Waals surface area contributed by atoms with Gasteiger partial charge in [0.15, 0.2) is 0 Å². The number of nitrogens with zero attached hydrogens (tertiary/aromatic N) is 2. The van der Waals surface area contributed by atoms with E-state index in [2.05, 4.69) is 4.90 Å². The lowest BCUT2D eigenvalue weighted by atomic mass is 9.91. The van der Waals surface area contributed by atoms with Crippen LogP contribution in [0.4, 0.5) is 0 Å². The quantitative estimate of drug-likeness (QED) is 0.681. The predicted octanol–water partition coefficient (Wildman–Crippen LogP) is 4.36. The molecule has 2 aliphatic rings. The Kier molecular flexibility index (Phi) is 6.96. The number of hydrogen-bond acceptors (Lipinski definition) is 4. The third-order valence-corrected chi connectivity index (χ3v) is 6.36. The summed E-state index contributed by atoms with van der Waals surface area (Å²) in [6.45, 7) is 4.08. The van der Waals surface area contributed by atoms with Crippen molar-refractivity contribution in [2.75, 3.05) is 39.9 Å². The summed E-state index contributed by atoms with van der Waals surface area (Å²) in [4.78, 5) is 17.3. The van der Waals surface area contributed by atoms with Crippen molar-refractivity contribution in [2.45, 2.75) is 24.7 Å². The monoisotopic (exact) mass is 448 g/mol. The molecule has 160 valence electrons. The van der Waals surface area contributed by atoms with Crippen molar-refractivity contribution in [3.63, 3.8) is 0 Å². The molecule has 5 nitrogen and oxygen atoms in total. The van der Waals surface area contributed by atoms with Gasteiger partial charge < -0.3 is 14.4 Å². The SMILES string of the molecule is CN1C(=O)[C@H](CCN2CCOCC2)OC(c2ccc(Cl)cc2)C1c1ccc(Cl)cc1. The van der Waals surface area contributed by atoms with Crippen molar-refractivity contribution in [3.8, 4) is 0 Å². The normalized spacial score (nSPS) is 25.5. The fourth-order valence-corrected chi connectivity index (χ4v) is 4.42. The summed E-state index contributed by atoms with van der Waals surface area (Å²) < 4.78 is 11.9. The maximum Gasteiger partial charge on any atom is 0.252 e. The molecule has 0 radical (unpaired) electrons. The standard InChI is InChI=1S/C23H26Cl2N2O3/c1-26-21(16-2-6-18(24)7-3-16)22(17-4-8-19(25)9-5-17)30-20(23(26)28)10-11-27-12-14-29-15-13-27/h2-9,20-22H,10-15H2,1H3/t20-,21?,22?/m0/s1. The minimum Gasteiger partial charge on any atom is -0.379 e. The van der Waals surface area contributed by atoms with E-state index in [1.54, 1.807) is 0 Å². The van der Waals surface area contributed by atoms with E-state index in [0.717, 1.165) is 44.0 Å². The first-order chi connectivity index (χ1) is 14.5. The number of amides is 1. The zero-order chi connectivity index (χ0) is 21.1. The van der Waals surface area contributed by atoms with Crippen LogP contribution in [0.2, 0.25) is 10.0 Å². The molecule has 0 bridgehead atoms. The van der Waals surface area contributed by atoms with Crippen molar-refractivity contribution >= 4 is 29.1 Å². The highest BCUT2D eigenvalue weighted by atomic mass is 35.5. The molecule has 2 fully saturated rings. The van der Waals surface area contributed by atoms with Crippen molar-refractivity contribution in [3.05, 3.63) is 69.7 Å². The Morgan fingerprint density at radius 1 is 0.933 bits per heavy atom. The van der Waals surface area contributed by atoms with Gasteiger partial charge in [0, 0.05) is 36.7 Å². The molecule has 2 saturated heterocycles. The van der Waals surface area contributed by atoms with E-state index >= 15 is 0 Å². The molecule has 0 aromatic heterocycles. The molecule has 0 aliphatic carbocycles. The summed E-state index contributed by atoms with van der Waals surface area (Å²) in [5, 5.41) is 1.33. The van der Waals surface area contributed by atoms with E-state index in [4.69, 9.17) is 32.7 Å². The molecule has 7 heteroatoms. The van der Waals surface area contributed by atoms with Gasteiger partial charge in [-0.2, -0.15) is 0 Å². The van der Waals surface area contributed by atoms with Crippen molar-refractivity contribution < 1.29 is 14.3 Å². The molecule has 1 amide bonds. The molecule has 2 aromatic carbocycles. The molecule has 2 aromatic rings. The van der Waals surface area contributed by atoms with Gasteiger partial charge in [0.05, 0.1) is 19.3 Å². The first-order valence-corrected chi connectivity index (χ1v) is 11.0. The van der Waals surface area contributed by atoms with Crippen LogP contribution in [-0.4, -0.2) is 61.7 Å². The first kappa shape index (κ1) is 21.6. The number of carbonyl (C=O) groups excluding carboxylic acids is 1. The number of benzene rings is 2. The van der Waals surface area contributed by atoms with Crippen molar-refractivity contribution in [2.24, 2.45) is 0 Å². The zero-order valence-electron chi connectivity index (χ0n) is 17.0. The largest absolute Gasteiger partial charge is 0.379 e. The average molecular weight is 449 g/mol. The number of ether oxygens (including phenoxy) is 2. The third-order valence-electron chi connectivity index (χ3n) is 5.86. The second-order valence-corrected chi connectivity index (χ2v) is 8.66. The second kappa shape index (κ2) is 9.67. The Hall–Kier alpha value is -1.63. The number of rotatable bonds is 5. The molecule has 0 N–H and O–H groups in total. The Morgan fingerprint density at radius 2 is 1.50 bits per heavy atom. The van der Waals surface area contributed by atoms with Gasteiger partial charge in [-0.3, -0.25) is 9.69 Å². The number of halogens is 2. The molecule has 3 atom stereocenters. The third kappa shape index (κ3) is 4.82. The van der Waals surface area contributed by atoms with Gasteiger partial charge >= 0.3 is 0 Å². The summed E-state index contributed by atoms with van der Waals surface area (Å²) in [6, 6.07) is 15.0. The number of carbonyl (C=O) groups is 1. The van der Waals surface area contributed by atoms with Crippen LogP contribution in [-0.2, 0) is 14.3 Å². The lowest BCUT2D eigenvalue weighted by Crippen LogP contribution is -2.50. The Balaban J connectivity index is 1.59. The van der Waals surface area contributed by atoms with E-state index in [1.807, 2.05) is 60.5 Å². The van der Waals surface area contributed by atoms with E-state index in [9.17, 15) is 4.79 Å². The molecule has 2 unspecified atom stereocenters. The number of hydrogen-bond donors (Lipinski definition) is 0. The van der Waals surface area contributed by atoms with E-state index in [-0.39, 0.29) is 18.1 Å². The van der Waals surface area contributed by atoms with E-state index in [0.29, 0.717) is 16.5 Å². The molecule has 0 spiro atoms. The maximum atomic E-state index is 13.2. The maximum absolute atomic E-state index is 13.2. The van der Waals surface area contributed by atoms with Crippen LogP contribution in [0.3, 0.4) is 0 Å². The highest BCUT2D eigenvalue weighted by Gasteiger charge is 2.42. The topological polar surface area (TPSA) is 42.0 Å². The first-order valence-electron chi connectivity index (χ1n) is 10.3. The summed E-state index contributed by atoms with van der Waals surface area (Å²) in [5.41, 5.74) is 1.98. The second-order valence-electron chi connectivity index (χ2n) is 7.79. The van der Waals surface area contributed by atoms with Gasteiger partial charge in [0.1, 0.15) is 12.2 Å². The van der Waals surface area contributed by atoms with Gasteiger partial charge in [-0.05, 0) is 41.8 Å². The zero-order valence-corrected chi connectivity index (χ0v) is 18.5. The molecular weight excluding hydrogens is 423 g/mol. The summed E-state index contributed by atoms with van der Waals surface area (Å²) >= 11 is 12.2. The van der Waals surface area contributed by atoms with Gasteiger partial charge in [0.2, 0.25) is 0 Å². The summed E-state index contributed by atoms with van der Waals surface area (Å²) in [6.07, 6.45) is -0.122. The molecule has 4 rings (SSSR count). The van der Waals surface area contributed by atoms with E-state index in [1.165, 1.54) is 0 Å². The highest BCUT2D eigenvalue weighted by molar-refractivity contribution is 6.30. The van der Waals surface area contributed by atoms with Crippen LogP contribution in [0, 0.1) is 0 Å². The smallest absolute Gasteiger partial charge is 0.252 e. The fraction of sp³-hybridized carbons (Fsp3) is 0.435. The van der Waals surface area contributed by atoms with Crippen LogP contribution in [0.5, 0.6) is 0 Å². The van der Waals surface area contributed by atoms with Crippen LogP contribution in [0.15, 0.2) is 48.5 Å². The van der Waals surface area contributed by atoms with Gasteiger partial charge in [-0.1, -0.05) is 47.5 Å². The number of likely N-dealkylation sites (N-methyl/N-ethyl adjacent to an activating group) is 1. The Bertz CT molecular complexity index is 854. The van der Waals surface area contributed by atoms with Crippen LogP contribution in [0.25, 0.3) is 0 Å². The van der Waals surface area contributed by atoms with Gasteiger partial charge in [-0.25, -0.2) is 0 Å². The van der Waals surface area contributed by atoms with E-state index < -0.39 is 6.10 Å². The van der Waals surface area contributed by atoms with Crippen molar-refractivity contribution in [1.82, 2.24) is 9.80 Å². The van der Waals surface area contributed by atoms with Crippen LogP contribution >= 0.6 is 23.2 Å². The lowest BCUT2D eigenvalue weighted by molar-refractivity contribution is -0.172. The molecule has 0 saturated carbocycles. The van der Waals surface area contributed by atoms with Gasteiger partial charge in [-0.15, -0.1) is 0 Å². The number of morpholine rings is 2. The van der Waals surface area contributed by atoms with Crippen molar-refractivity contribution in [1.29, 1.82) is 0 Å². The predicted molar refractivity (Wildman–Crippen MR) is 118 cm³/mol. The minimum atomic E-state index is -0.484. The summed E-state index contributed by atoms with van der Waals surface area (Å²) in [7, 11) is 1.86. The van der Waals surface area contributed by atoms with Crippen LogP contribution in [0.1, 0.15) is 29.7 Å². The van der Waals surface area contributed by atoms with Crippen LogP contribution < -0.4 is 0 Å². The Morgan fingerprint density at radius 3 is 2.10 bits per heavy atom.